The minimum absolute atomic E-state index is 0.0356. The molecular formula is C22H29NO2. The van der Waals surface area contributed by atoms with Crippen molar-refractivity contribution < 1.29 is 9.53 Å². The maximum Gasteiger partial charge on any atom is 0.224 e. The van der Waals surface area contributed by atoms with Crippen LogP contribution in [0.1, 0.15) is 51.0 Å². The van der Waals surface area contributed by atoms with E-state index in [9.17, 15) is 4.79 Å². The van der Waals surface area contributed by atoms with E-state index in [4.69, 9.17) is 4.74 Å². The number of unbranched alkanes of at least 4 members (excludes halogenated alkanes) is 4. The quantitative estimate of drug-likeness (QED) is 0.541. The second-order valence-corrected chi connectivity index (χ2v) is 6.32. The molecule has 0 saturated heterocycles. The molecule has 134 valence electrons. The molecule has 3 nitrogen and oxygen atoms in total. The molecule has 0 bridgehead atoms. The molecule has 0 unspecified atom stereocenters. The topological polar surface area (TPSA) is 38.3 Å². The Morgan fingerprint density at radius 2 is 1.64 bits per heavy atom. The molecule has 0 atom stereocenters. The van der Waals surface area contributed by atoms with Crippen molar-refractivity contribution in [1.29, 1.82) is 0 Å². The molecule has 1 N–H and O–H groups in total. The summed E-state index contributed by atoms with van der Waals surface area (Å²) in [5, 5.41) is 2.94. The van der Waals surface area contributed by atoms with E-state index >= 15 is 0 Å². The van der Waals surface area contributed by atoms with Gasteiger partial charge in [-0.3, -0.25) is 4.79 Å². The molecule has 0 heterocycles. The van der Waals surface area contributed by atoms with E-state index in [1.807, 2.05) is 54.6 Å². The highest BCUT2D eigenvalue weighted by Gasteiger charge is 2.03. The fourth-order valence-electron chi connectivity index (χ4n) is 2.66. The van der Waals surface area contributed by atoms with E-state index in [-0.39, 0.29) is 5.91 Å². The lowest BCUT2D eigenvalue weighted by molar-refractivity contribution is -0.116. The monoisotopic (exact) mass is 339 g/mol. The first-order chi connectivity index (χ1) is 12.3. The van der Waals surface area contributed by atoms with E-state index in [1.165, 1.54) is 31.2 Å². The maximum atomic E-state index is 12.0. The van der Waals surface area contributed by atoms with Gasteiger partial charge in [-0.1, -0.05) is 62.9 Å². The Hall–Kier alpha value is -2.29. The van der Waals surface area contributed by atoms with E-state index in [0.29, 0.717) is 6.42 Å². The Balaban J connectivity index is 1.66. The molecule has 2 rings (SSSR count). The molecular weight excluding hydrogens is 310 g/mol. The van der Waals surface area contributed by atoms with Gasteiger partial charge in [0, 0.05) is 12.1 Å². The van der Waals surface area contributed by atoms with Gasteiger partial charge in [0.2, 0.25) is 5.91 Å². The summed E-state index contributed by atoms with van der Waals surface area (Å²) < 4.78 is 5.74. The number of carbonyl (C=O) groups is 1. The van der Waals surface area contributed by atoms with E-state index in [1.54, 1.807) is 0 Å². The zero-order chi connectivity index (χ0) is 17.7. The molecule has 1 amide bonds. The fraction of sp³-hybridized carbons (Fsp3) is 0.409. The van der Waals surface area contributed by atoms with Crippen molar-refractivity contribution in [2.24, 2.45) is 0 Å². The van der Waals surface area contributed by atoms with Gasteiger partial charge in [0.25, 0.3) is 0 Å². The molecule has 0 aliphatic rings. The van der Waals surface area contributed by atoms with Crippen molar-refractivity contribution in [2.75, 3.05) is 11.9 Å². The number of rotatable bonds is 11. The summed E-state index contributed by atoms with van der Waals surface area (Å²) in [6.45, 7) is 2.98. The number of anilines is 1. The van der Waals surface area contributed by atoms with Gasteiger partial charge in [0.1, 0.15) is 5.75 Å². The second-order valence-electron chi connectivity index (χ2n) is 6.32. The van der Waals surface area contributed by atoms with Gasteiger partial charge in [0.05, 0.1) is 6.61 Å². The van der Waals surface area contributed by atoms with Crippen LogP contribution in [0.3, 0.4) is 0 Å². The van der Waals surface area contributed by atoms with Crippen molar-refractivity contribution in [3.05, 3.63) is 60.2 Å². The standard InChI is InChI=1S/C22H29NO2/c1-2-3-4-5-9-18-25-21-15-13-20(14-16-21)23-22(24)17-12-19-10-7-6-8-11-19/h6-8,10-11,13-16H,2-5,9,12,17-18H2,1H3,(H,23,24). The molecule has 2 aromatic rings. The molecule has 0 spiro atoms. The van der Waals surface area contributed by atoms with Crippen LogP contribution in [0, 0.1) is 0 Å². The first kappa shape index (κ1) is 19.0. The molecule has 25 heavy (non-hydrogen) atoms. The van der Waals surface area contributed by atoms with Gasteiger partial charge in [-0.2, -0.15) is 0 Å². The predicted octanol–water partition coefficient (Wildman–Crippen LogP) is 5.61. The van der Waals surface area contributed by atoms with Gasteiger partial charge in [0.15, 0.2) is 0 Å². The summed E-state index contributed by atoms with van der Waals surface area (Å²) in [5.41, 5.74) is 1.99. The number of carbonyl (C=O) groups excluding carboxylic acids is 1. The van der Waals surface area contributed by atoms with Crippen molar-refractivity contribution in [2.45, 2.75) is 51.9 Å². The van der Waals surface area contributed by atoms with Gasteiger partial charge >= 0.3 is 0 Å². The van der Waals surface area contributed by atoms with Gasteiger partial charge in [-0.05, 0) is 42.7 Å². The highest BCUT2D eigenvalue weighted by molar-refractivity contribution is 5.90. The Labute approximate surface area is 151 Å². The van der Waals surface area contributed by atoms with Crippen LogP contribution >= 0.6 is 0 Å². The smallest absolute Gasteiger partial charge is 0.224 e. The Bertz CT molecular complexity index is 608. The van der Waals surface area contributed by atoms with Crippen LogP contribution in [-0.2, 0) is 11.2 Å². The lowest BCUT2D eigenvalue weighted by Crippen LogP contribution is -2.12. The van der Waals surface area contributed by atoms with E-state index in [0.717, 1.165) is 30.9 Å². The van der Waals surface area contributed by atoms with Gasteiger partial charge in [-0.15, -0.1) is 0 Å². The van der Waals surface area contributed by atoms with Crippen LogP contribution in [-0.4, -0.2) is 12.5 Å². The minimum atomic E-state index is 0.0356. The van der Waals surface area contributed by atoms with Crippen LogP contribution in [0.25, 0.3) is 0 Å². The Kier molecular flexibility index (Phi) is 8.60. The minimum Gasteiger partial charge on any atom is -0.494 e. The van der Waals surface area contributed by atoms with E-state index < -0.39 is 0 Å². The third-order valence-corrected chi connectivity index (χ3v) is 4.14. The molecule has 0 saturated carbocycles. The summed E-state index contributed by atoms with van der Waals surface area (Å²) in [6.07, 6.45) is 7.42. The lowest BCUT2D eigenvalue weighted by atomic mass is 10.1. The molecule has 0 aromatic heterocycles. The predicted molar refractivity (Wildman–Crippen MR) is 104 cm³/mol. The number of hydrogen-bond acceptors (Lipinski definition) is 2. The molecule has 2 aromatic carbocycles. The molecule has 0 aliphatic heterocycles. The summed E-state index contributed by atoms with van der Waals surface area (Å²) in [7, 11) is 0. The van der Waals surface area contributed by atoms with Crippen molar-refractivity contribution >= 4 is 11.6 Å². The number of hydrogen-bond donors (Lipinski definition) is 1. The first-order valence-corrected chi connectivity index (χ1v) is 9.34. The summed E-state index contributed by atoms with van der Waals surface area (Å²) in [5.74, 6) is 0.895. The van der Waals surface area contributed by atoms with Crippen molar-refractivity contribution in [3.63, 3.8) is 0 Å². The number of benzene rings is 2. The summed E-state index contributed by atoms with van der Waals surface area (Å²) in [4.78, 5) is 12.0. The van der Waals surface area contributed by atoms with Gasteiger partial charge in [-0.25, -0.2) is 0 Å². The highest BCUT2D eigenvalue weighted by Crippen LogP contribution is 2.17. The Morgan fingerprint density at radius 3 is 2.36 bits per heavy atom. The van der Waals surface area contributed by atoms with E-state index in [2.05, 4.69) is 12.2 Å². The zero-order valence-electron chi connectivity index (χ0n) is 15.2. The average Bonchev–Trinajstić information content (AvgIpc) is 2.65. The largest absolute Gasteiger partial charge is 0.494 e. The lowest BCUT2D eigenvalue weighted by Gasteiger charge is -2.08. The van der Waals surface area contributed by atoms with Crippen LogP contribution < -0.4 is 10.1 Å². The van der Waals surface area contributed by atoms with Crippen LogP contribution in [0.15, 0.2) is 54.6 Å². The number of ether oxygens (including phenoxy) is 1. The number of aryl methyl sites for hydroxylation is 1. The first-order valence-electron chi connectivity index (χ1n) is 9.34. The molecule has 3 heteroatoms. The summed E-state index contributed by atoms with van der Waals surface area (Å²) >= 11 is 0. The van der Waals surface area contributed by atoms with Crippen LogP contribution in [0.5, 0.6) is 5.75 Å². The van der Waals surface area contributed by atoms with Crippen LogP contribution in [0.2, 0.25) is 0 Å². The molecule has 0 radical (unpaired) electrons. The highest BCUT2D eigenvalue weighted by atomic mass is 16.5. The fourth-order valence-corrected chi connectivity index (χ4v) is 2.66. The molecule has 0 aliphatic carbocycles. The van der Waals surface area contributed by atoms with Gasteiger partial charge < -0.3 is 10.1 Å². The SMILES string of the molecule is CCCCCCCOc1ccc(NC(=O)CCc2ccccc2)cc1. The number of amides is 1. The second kappa shape index (κ2) is 11.3. The molecule has 0 fully saturated rings. The van der Waals surface area contributed by atoms with Crippen molar-refractivity contribution in [1.82, 2.24) is 0 Å². The zero-order valence-corrected chi connectivity index (χ0v) is 15.2. The van der Waals surface area contributed by atoms with Crippen LogP contribution in [0.4, 0.5) is 5.69 Å². The van der Waals surface area contributed by atoms with Crippen molar-refractivity contribution in [3.8, 4) is 5.75 Å². The summed E-state index contributed by atoms with van der Waals surface area (Å²) in [6, 6.07) is 17.7. The number of nitrogens with one attached hydrogen (secondary N) is 1. The third-order valence-electron chi connectivity index (χ3n) is 4.14. The normalized spacial score (nSPS) is 10.4. The average molecular weight is 339 g/mol. The third kappa shape index (κ3) is 7.88. The maximum absolute atomic E-state index is 12.0. The Morgan fingerprint density at radius 1 is 0.920 bits per heavy atom.